The number of rotatable bonds is 5. The number of fused-ring (bicyclic) bond motifs is 1. The van der Waals surface area contributed by atoms with Crippen molar-refractivity contribution in [3.63, 3.8) is 0 Å². The maximum Gasteiger partial charge on any atom is 0.264 e. The molecule has 1 heterocycles. The Morgan fingerprint density at radius 1 is 1.03 bits per heavy atom. The molecule has 1 amide bonds. The summed E-state index contributed by atoms with van der Waals surface area (Å²) >= 11 is 0. The van der Waals surface area contributed by atoms with Crippen molar-refractivity contribution in [3.05, 3.63) is 83.4 Å². The molecular formula is C23H22N2O4S. The number of nitrogens with zero attached hydrogens (tertiary/aromatic N) is 1. The van der Waals surface area contributed by atoms with Crippen LogP contribution in [0.15, 0.2) is 71.6 Å². The third-order valence-corrected chi connectivity index (χ3v) is 7.05. The number of aryl methyl sites for hydroxylation is 1. The summed E-state index contributed by atoms with van der Waals surface area (Å²) in [4.78, 5) is 13.0. The highest BCUT2D eigenvalue weighted by Crippen LogP contribution is 2.34. The number of hydrogen-bond donors (Lipinski definition) is 1. The lowest BCUT2D eigenvalue weighted by Crippen LogP contribution is -2.29. The number of sulfonamides is 1. The Morgan fingerprint density at radius 3 is 2.53 bits per heavy atom. The monoisotopic (exact) mass is 422 g/mol. The molecule has 0 aliphatic carbocycles. The van der Waals surface area contributed by atoms with Gasteiger partial charge in [0.05, 0.1) is 23.3 Å². The number of methoxy groups -OCH3 is 1. The Labute approximate surface area is 176 Å². The number of nitrogens with one attached hydrogen (secondary N) is 1. The zero-order valence-electron chi connectivity index (χ0n) is 16.8. The second-order valence-corrected chi connectivity index (χ2v) is 8.95. The summed E-state index contributed by atoms with van der Waals surface area (Å²) in [6.45, 7) is 2.26. The third kappa shape index (κ3) is 3.52. The molecule has 0 unspecified atom stereocenters. The van der Waals surface area contributed by atoms with Gasteiger partial charge in [-0.25, -0.2) is 8.42 Å². The van der Waals surface area contributed by atoms with Gasteiger partial charge in [0.25, 0.3) is 15.9 Å². The summed E-state index contributed by atoms with van der Waals surface area (Å²) < 4.78 is 33.4. The van der Waals surface area contributed by atoms with Crippen LogP contribution in [0.4, 0.5) is 11.4 Å². The van der Waals surface area contributed by atoms with Gasteiger partial charge in [-0.05, 0) is 54.8 Å². The molecule has 3 aromatic rings. The molecule has 0 atom stereocenters. The molecule has 0 bridgehead atoms. The van der Waals surface area contributed by atoms with E-state index in [0.717, 1.165) is 11.1 Å². The van der Waals surface area contributed by atoms with E-state index in [0.29, 0.717) is 30.1 Å². The van der Waals surface area contributed by atoms with Gasteiger partial charge in [-0.1, -0.05) is 36.4 Å². The van der Waals surface area contributed by atoms with Crippen LogP contribution in [0.1, 0.15) is 21.5 Å². The molecule has 0 fully saturated rings. The van der Waals surface area contributed by atoms with E-state index in [1.807, 2.05) is 43.3 Å². The number of benzene rings is 3. The van der Waals surface area contributed by atoms with E-state index < -0.39 is 15.9 Å². The third-order valence-electron chi connectivity index (χ3n) is 5.24. The van der Waals surface area contributed by atoms with Gasteiger partial charge in [-0.15, -0.1) is 0 Å². The highest BCUT2D eigenvalue weighted by molar-refractivity contribution is 7.92. The Balaban J connectivity index is 1.71. The second kappa shape index (κ2) is 7.84. The second-order valence-electron chi connectivity index (χ2n) is 7.09. The van der Waals surface area contributed by atoms with Crippen molar-refractivity contribution in [2.24, 2.45) is 0 Å². The molecule has 1 aliphatic heterocycles. The summed E-state index contributed by atoms with van der Waals surface area (Å²) in [5.74, 6) is -0.123. The Kier molecular flexibility index (Phi) is 5.22. The van der Waals surface area contributed by atoms with Crippen molar-refractivity contribution in [1.29, 1.82) is 0 Å². The van der Waals surface area contributed by atoms with Crippen LogP contribution in [0.25, 0.3) is 0 Å². The molecule has 0 aromatic heterocycles. The number of anilines is 2. The zero-order chi connectivity index (χ0) is 21.3. The average Bonchev–Trinajstić information content (AvgIpc) is 3.20. The van der Waals surface area contributed by atoms with E-state index in [1.165, 1.54) is 29.6 Å². The van der Waals surface area contributed by atoms with Crippen molar-refractivity contribution in [1.82, 2.24) is 0 Å². The van der Waals surface area contributed by atoms with Crippen molar-refractivity contribution >= 4 is 27.3 Å². The smallest absolute Gasteiger partial charge is 0.264 e. The van der Waals surface area contributed by atoms with E-state index >= 15 is 0 Å². The van der Waals surface area contributed by atoms with Crippen LogP contribution in [-0.2, 0) is 16.4 Å². The summed E-state index contributed by atoms with van der Waals surface area (Å²) in [6, 6.07) is 19.2. The molecule has 0 saturated heterocycles. The van der Waals surface area contributed by atoms with E-state index in [4.69, 9.17) is 4.74 Å². The lowest BCUT2D eigenvalue weighted by atomic mass is 10.1. The number of carbonyl (C=O) groups excluding carboxylic acids is 1. The largest absolute Gasteiger partial charge is 0.496 e. The SMILES string of the molecule is COc1ccc(S(=O)(=O)N2CCc3ccccc32)cc1C(=O)Nc1ccccc1C. The molecule has 1 N–H and O–H groups in total. The predicted octanol–water partition coefficient (Wildman–Crippen LogP) is 4.01. The van der Waals surface area contributed by atoms with E-state index in [-0.39, 0.29) is 10.5 Å². The van der Waals surface area contributed by atoms with Crippen molar-refractivity contribution in [2.45, 2.75) is 18.2 Å². The summed E-state index contributed by atoms with van der Waals surface area (Å²) in [5, 5.41) is 2.84. The van der Waals surface area contributed by atoms with Crippen LogP contribution in [0.2, 0.25) is 0 Å². The topological polar surface area (TPSA) is 75.7 Å². The van der Waals surface area contributed by atoms with Crippen LogP contribution in [0, 0.1) is 6.92 Å². The minimum atomic E-state index is -3.82. The molecule has 0 spiro atoms. The Bertz CT molecular complexity index is 1220. The first-order chi connectivity index (χ1) is 14.4. The molecular weight excluding hydrogens is 400 g/mol. The number of amides is 1. The number of carbonyl (C=O) groups is 1. The maximum atomic E-state index is 13.3. The minimum Gasteiger partial charge on any atom is -0.496 e. The van der Waals surface area contributed by atoms with Gasteiger partial charge in [0.1, 0.15) is 5.75 Å². The van der Waals surface area contributed by atoms with Gasteiger partial charge in [-0.2, -0.15) is 0 Å². The maximum absolute atomic E-state index is 13.3. The predicted molar refractivity (Wildman–Crippen MR) is 117 cm³/mol. The van der Waals surface area contributed by atoms with Crippen LogP contribution < -0.4 is 14.4 Å². The lowest BCUT2D eigenvalue weighted by Gasteiger charge is -2.20. The highest BCUT2D eigenvalue weighted by Gasteiger charge is 2.31. The van der Waals surface area contributed by atoms with Crippen LogP contribution >= 0.6 is 0 Å². The Hall–Kier alpha value is -3.32. The van der Waals surface area contributed by atoms with Gasteiger partial charge in [0.15, 0.2) is 0 Å². The van der Waals surface area contributed by atoms with Gasteiger partial charge < -0.3 is 10.1 Å². The lowest BCUT2D eigenvalue weighted by molar-refractivity contribution is 0.102. The zero-order valence-corrected chi connectivity index (χ0v) is 17.6. The summed E-state index contributed by atoms with van der Waals surface area (Å²) in [7, 11) is -2.37. The van der Waals surface area contributed by atoms with Crippen LogP contribution in [-0.4, -0.2) is 28.0 Å². The molecule has 3 aromatic carbocycles. The first kappa shape index (κ1) is 20.0. The fourth-order valence-corrected chi connectivity index (χ4v) is 5.14. The van der Waals surface area contributed by atoms with Gasteiger partial charge >= 0.3 is 0 Å². The molecule has 6 nitrogen and oxygen atoms in total. The number of para-hydroxylation sites is 2. The normalized spacial score (nSPS) is 13.1. The first-order valence-electron chi connectivity index (χ1n) is 9.57. The van der Waals surface area contributed by atoms with E-state index in [9.17, 15) is 13.2 Å². The minimum absolute atomic E-state index is 0.0509. The van der Waals surface area contributed by atoms with Gasteiger partial charge in [0, 0.05) is 12.2 Å². The number of hydrogen-bond acceptors (Lipinski definition) is 4. The fourth-order valence-electron chi connectivity index (χ4n) is 3.61. The molecule has 1 aliphatic rings. The molecule has 0 radical (unpaired) electrons. The van der Waals surface area contributed by atoms with Crippen molar-refractivity contribution < 1.29 is 17.9 Å². The Morgan fingerprint density at radius 2 is 1.77 bits per heavy atom. The van der Waals surface area contributed by atoms with E-state index in [1.54, 1.807) is 12.1 Å². The average molecular weight is 423 g/mol. The quantitative estimate of drug-likeness (QED) is 0.674. The standard InChI is InChI=1S/C23H22N2O4S/c1-16-7-3-5-9-20(16)24-23(26)19-15-18(11-12-22(19)29-2)30(27,28)25-14-13-17-8-4-6-10-21(17)25/h3-12,15H,13-14H2,1-2H3,(H,24,26). The summed E-state index contributed by atoms with van der Waals surface area (Å²) in [5.41, 5.74) is 3.40. The molecule has 154 valence electrons. The number of ether oxygens (including phenoxy) is 1. The van der Waals surface area contributed by atoms with Gasteiger partial charge in [-0.3, -0.25) is 9.10 Å². The molecule has 4 rings (SSSR count). The highest BCUT2D eigenvalue weighted by atomic mass is 32.2. The van der Waals surface area contributed by atoms with Crippen molar-refractivity contribution in [3.8, 4) is 5.75 Å². The molecule has 7 heteroatoms. The summed E-state index contributed by atoms with van der Waals surface area (Å²) in [6.07, 6.45) is 0.659. The van der Waals surface area contributed by atoms with E-state index in [2.05, 4.69) is 5.32 Å². The van der Waals surface area contributed by atoms with Gasteiger partial charge in [0.2, 0.25) is 0 Å². The molecule has 30 heavy (non-hydrogen) atoms. The van der Waals surface area contributed by atoms with Crippen LogP contribution in [0.5, 0.6) is 5.75 Å². The fraction of sp³-hybridized carbons (Fsp3) is 0.174. The molecule has 0 saturated carbocycles. The van der Waals surface area contributed by atoms with Crippen molar-refractivity contribution in [2.75, 3.05) is 23.3 Å². The first-order valence-corrected chi connectivity index (χ1v) is 11.0. The van der Waals surface area contributed by atoms with Crippen LogP contribution in [0.3, 0.4) is 0 Å².